The van der Waals surface area contributed by atoms with Gasteiger partial charge in [-0.05, 0) is 19.1 Å². The van der Waals surface area contributed by atoms with Gasteiger partial charge in [0, 0.05) is 11.4 Å². The van der Waals surface area contributed by atoms with Gasteiger partial charge in [0.25, 0.3) is 5.91 Å². The molecule has 1 amide bonds. The molecule has 0 spiro atoms. The molecule has 2 N–H and O–H groups in total. The molecule has 1 heterocycles. The van der Waals surface area contributed by atoms with Crippen molar-refractivity contribution < 1.29 is 14.6 Å². The Morgan fingerprint density at radius 3 is 3.00 bits per heavy atom. The highest BCUT2D eigenvalue weighted by Crippen LogP contribution is 2.19. The van der Waals surface area contributed by atoms with Crippen molar-refractivity contribution in [2.24, 2.45) is 0 Å². The molecule has 106 valence electrons. The molecule has 2 aromatic rings. The van der Waals surface area contributed by atoms with Crippen molar-refractivity contribution in [3.05, 3.63) is 46.4 Å². The van der Waals surface area contributed by atoms with Crippen LogP contribution in [-0.4, -0.2) is 28.6 Å². The summed E-state index contributed by atoms with van der Waals surface area (Å²) < 4.78 is 5.64. The lowest BCUT2D eigenvalue weighted by Crippen LogP contribution is -2.35. The van der Waals surface area contributed by atoms with Crippen LogP contribution >= 0.6 is 11.3 Å². The minimum absolute atomic E-state index is 0.104. The van der Waals surface area contributed by atoms with Gasteiger partial charge in [-0.2, -0.15) is 0 Å². The molecule has 1 unspecified atom stereocenters. The Bertz CT molecular complexity index is 557. The van der Waals surface area contributed by atoms with Crippen LogP contribution in [0.2, 0.25) is 0 Å². The van der Waals surface area contributed by atoms with Crippen LogP contribution in [0.4, 0.5) is 0 Å². The molecular formula is C14H16N2O3S. The van der Waals surface area contributed by atoms with Crippen LogP contribution in [-0.2, 0) is 6.61 Å². The van der Waals surface area contributed by atoms with Crippen molar-refractivity contribution >= 4 is 17.2 Å². The summed E-state index contributed by atoms with van der Waals surface area (Å²) in [6.07, 6.45) is 0. The number of aromatic nitrogens is 1. The van der Waals surface area contributed by atoms with Crippen LogP contribution < -0.4 is 10.1 Å². The van der Waals surface area contributed by atoms with Crippen molar-refractivity contribution in [1.29, 1.82) is 0 Å². The van der Waals surface area contributed by atoms with E-state index in [1.54, 1.807) is 30.6 Å². The Balaban J connectivity index is 2.07. The number of rotatable bonds is 6. The van der Waals surface area contributed by atoms with E-state index in [0.29, 0.717) is 17.9 Å². The molecule has 1 atom stereocenters. The molecule has 0 aliphatic heterocycles. The third-order valence-corrected chi connectivity index (χ3v) is 3.28. The maximum absolute atomic E-state index is 12.1. The number of carbonyl (C=O) groups is 1. The number of carbonyl (C=O) groups excluding carboxylic acids is 1. The summed E-state index contributed by atoms with van der Waals surface area (Å²) in [5.74, 6) is 0.239. The number of para-hydroxylation sites is 1. The Labute approximate surface area is 121 Å². The van der Waals surface area contributed by atoms with Gasteiger partial charge in [-0.3, -0.25) is 4.79 Å². The Morgan fingerprint density at radius 2 is 2.30 bits per heavy atom. The second-order valence-corrected chi connectivity index (χ2v) is 5.04. The van der Waals surface area contributed by atoms with Crippen LogP contribution in [0.5, 0.6) is 5.75 Å². The molecule has 0 radical (unpaired) electrons. The van der Waals surface area contributed by atoms with Crippen molar-refractivity contribution in [1.82, 2.24) is 10.3 Å². The topological polar surface area (TPSA) is 71.5 Å². The molecule has 20 heavy (non-hydrogen) atoms. The van der Waals surface area contributed by atoms with Gasteiger partial charge in [-0.1, -0.05) is 12.1 Å². The third-order valence-electron chi connectivity index (χ3n) is 2.64. The van der Waals surface area contributed by atoms with E-state index in [1.807, 2.05) is 11.4 Å². The molecule has 1 aromatic carbocycles. The lowest BCUT2D eigenvalue weighted by Gasteiger charge is -2.13. The predicted octanol–water partition coefficient (Wildman–Crippen LogP) is 1.83. The van der Waals surface area contributed by atoms with E-state index >= 15 is 0 Å². The van der Waals surface area contributed by atoms with Gasteiger partial charge in [0.05, 0.1) is 23.4 Å². The number of aliphatic hydroxyl groups is 1. The summed E-state index contributed by atoms with van der Waals surface area (Å²) >= 11 is 1.50. The third kappa shape index (κ3) is 3.79. The highest BCUT2D eigenvalue weighted by molar-refractivity contribution is 7.07. The molecule has 5 nitrogen and oxygen atoms in total. The maximum Gasteiger partial charge on any atom is 0.255 e. The minimum Gasteiger partial charge on any atom is -0.486 e. The van der Waals surface area contributed by atoms with Crippen LogP contribution in [0, 0.1) is 0 Å². The molecule has 0 saturated heterocycles. The standard InChI is InChI=1S/C14H16N2O3S/c1-10(6-17)16-14(18)12-4-2-3-5-13(12)19-7-11-8-20-9-15-11/h2-5,8-10,17H,6-7H2,1H3,(H,16,18). The second kappa shape index (κ2) is 7.02. The molecule has 2 rings (SSSR count). The number of aliphatic hydroxyl groups excluding tert-OH is 1. The van der Waals surface area contributed by atoms with Crippen molar-refractivity contribution in [2.45, 2.75) is 19.6 Å². The molecule has 0 saturated carbocycles. The summed E-state index contributed by atoms with van der Waals surface area (Å²) in [4.78, 5) is 16.2. The first-order valence-electron chi connectivity index (χ1n) is 6.21. The van der Waals surface area contributed by atoms with E-state index in [4.69, 9.17) is 9.84 Å². The summed E-state index contributed by atoms with van der Waals surface area (Å²) in [5, 5.41) is 13.6. The number of thiazole rings is 1. The fraction of sp³-hybridized carbons (Fsp3) is 0.286. The van der Waals surface area contributed by atoms with Gasteiger partial charge < -0.3 is 15.2 Å². The average molecular weight is 292 g/mol. The van der Waals surface area contributed by atoms with Gasteiger partial charge in [0.15, 0.2) is 0 Å². The monoisotopic (exact) mass is 292 g/mol. The van der Waals surface area contributed by atoms with Gasteiger partial charge in [-0.25, -0.2) is 4.98 Å². The predicted molar refractivity (Wildman–Crippen MR) is 76.9 cm³/mol. The summed E-state index contributed by atoms with van der Waals surface area (Å²) in [5.41, 5.74) is 3.01. The Kier molecular flexibility index (Phi) is 5.09. The largest absolute Gasteiger partial charge is 0.486 e. The van der Waals surface area contributed by atoms with E-state index in [0.717, 1.165) is 5.69 Å². The number of ether oxygens (including phenoxy) is 1. The normalized spacial score (nSPS) is 11.9. The smallest absolute Gasteiger partial charge is 0.255 e. The van der Waals surface area contributed by atoms with E-state index in [1.165, 1.54) is 11.3 Å². The van der Waals surface area contributed by atoms with E-state index in [2.05, 4.69) is 10.3 Å². The van der Waals surface area contributed by atoms with Gasteiger partial charge >= 0.3 is 0 Å². The number of nitrogens with one attached hydrogen (secondary N) is 1. The van der Waals surface area contributed by atoms with Crippen molar-refractivity contribution in [3.63, 3.8) is 0 Å². The van der Waals surface area contributed by atoms with Crippen LogP contribution in [0.3, 0.4) is 0 Å². The van der Waals surface area contributed by atoms with E-state index < -0.39 is 0 Å². The first kappa shape index (κ1) is 14.5. The molecule has 0 aliphatic rings. The zero-order valence-corrected chi connectivity index (χ0v) is 11.9. The number of nitrogens with zero attached hydrogens (tertiary/aromatic N) is 1. The van der Waals surface area contributed by atoms with Gasteiger partial charge in [0.1, 0.15) is 12.4 Å². The fourth-order valence-corrected chi connectivity index (χ4v) is 2.13. The average Bonchev–Trinajstić information content (AvgIpc) is 2.98. The highest BCUT2D eigenvalue weighted by Gasteiger charge is 2.14. The number of hydrogen-bond acceptors (Lipinski definition) is 5. The van der Waals surface area contributed by atoms with E-state index in [9.17, 15) is 4.79 Å². The SMILES string of the molecule is CC(CO)NC(=O)c1ccccc1OCc1cscn1. The molecule has 0 fully saturated rings. The highest BCUT2D eigenvalue weighted by atomic mass is 32.1. The molecular weight excluding hydrogens is 276 g/mol. The van der Waals surface area contributed by atoms with Crippen LogP contribution in [0.15, 0.2) is 35.2 Å². The summed E-state index contributed by atoms with van der Waals surface area (Å²) in [7, 11) is 0. The number of benzene rings is 1. The van der Waals surface area contributed by atoms with Crippen molar-refractivity contribution in [3.8, 4) is 5.75 Å². The first-order chi connectivity index (χ1) is 9.70. The quantitative estimate of drug-likeness (QED) is 0.852. The molecule has 6 heteroatoms. The molecule has 0 aliphatic carbocycles. The molecule has 0 bridgehead atoms. The van der Waals surface area contributed by atoms with Crippen LogP contribution in [0.1, 0.15) is 23.0 Å². The number of amides is 1. The first-order valence-corrected chi connectivity index (χ1v) is 7.15. The van der Waals surface area contributed by atoms with Crippen LogP contribution in [0.25, 0.3) is 0 Å². The second-order valence-electron chi connectivity index (χ2n) is 4.32. The van der Waals surface area contributed by atoms with Gasteiger partial charge in [-0.15, -0.1) is 11.3 Å². The van der Waals surface area contributed by atoms with Crippen molar-refractivity contribution in [2.75, 3.05) is 6.61 Å². The number of hydrogen-bond donors (Lipinski definition) is 2. The lowest BCUT2D eigenvalue weighted by molar-refractivity contribution is 0.0917. The van der Waals surface area contributed by atoms with Gasteiger partial charge in [0.2, 0.25) is 0 Å². The lowest BCUT2D eigenvalue weighted by atomic mass is 10.1. The Hall–Kier alpha value is -1.92. The van der Waals surface area contributed by atoms with E-state index in [-0.39, 0.29) is 18.6 Å². The zero-order chi connectivity index (χ0) is 14.4. The minimum atomic E-state index is -0.297. The summed E-state index contributed by atoms with van der Waals surface area (Å²) in [6.45, 7) is 1.95. The zero-order valence-electron chi connectivity index (χ0n) is 11.1. The molecule has 1 aromatic heterocycles. The maximum atomic E-state index is 12.1. The summed E-state index contributed by atoms with van der Waals surface area (Å²) in [6, 6.07) is 6.71. The fourth-order valence-electron chi connectivity index (χ4n) is 1.59. The Morgan fingerprint density at radius 1 is 1.50 bits per heavy atom.